The molecule has 8 nitrogen and oxygen atoms in total. The van der Waals surface area contributed by atoms with Crippen LogP contribution in [0.2, 0.25) is 0 Å². The standard InChI is InChI=1S/C25H21N5O3S/c31-24(26-19-13-14-19)22(17-7-3-1-4-8-17)34-25-28-27-23(29(25)20-9-5-2-6-10-20)18-11-15-21(16-12-18)30(32)33/h1-12,15-16,19,22H,13-14H2,(H,26,31)/t22-/m0/s1. The molecular formula is C25H21N5O3S. The maximum atomic E-state index is 13.2. The SMILES string of the molecule is O=C(NC1CC1)[C@@H](Sc1nnc(-c2ccc([N+](=O)[O-])cc2)n1-c1ccccc1)c1ccccc1. The van der Waals surface area contributed by atoms with Crippen LogP contribution in [-0.4, -0.2) is 31.6 Å². The van der Waals surface area contributed by atoms with Crippen molar-refractivity contribution in [3.05, 3.63) is 101 Å². The van der Waals surface area contributed by atoms with Crippen molar-refractivity contribution in [3.8, 4) is 17.1 Å². The molecule has 34 heavy (non-hydrogen) atoms. The highest BCUT2D eigenvalue weighted by atomic mass is 32.2. The fourth-order valence-corrected chi connectivity index (χ4v) is 4.65. The first-order valence-corrected chi connectivity index (χ1v) is 11.8. The van der Waals surface area contributed by atoms with E-state index in [1.165, 1.54) is 23.9 Å². The minimum Gasteiger partial charge on any atom is -0.352 e. The molecule has 0 spiro atoms. The van der Waals surface area contributed by atoms with Crippen LogP contribution in [0.25, 0.3) is 17.1 Å². The lowest BCUT2D eigenvalue weighted by atomic mass is 10.1. The van der Waals surface area contributed by atoms with Crippen LogP contribution in [0.5, 0.6) is 0 Å². The van der Waals surface area contributed by atoms with Gasteiger partial charge >= 0.3 is 0 Å². The number of aromatic nitrogens is 3. The lowest BCUT2D eigenvalue weighted by Crippen LogP contribution is -2.29. The van der Waals surface area contributed by atoms with Gasteiger partial charge in [0.2, 0.25) is 5.91 Å². The first kappa shape index (κ1) is 21.8. The maximum Gasteiger partial charge on any atom is 0.269 e. The van der Waals surface area contributed by atoms with Gasteiger partial charge in [-0.2, -0.15) is 0 Å². The Bertz CT molecular complexity index is 1310. The zero-order chi connectivity index (χ0) is 23.5. The monoisotopic (exact) mass is 471 g/mol. The van der Waals surface area contributed by atoms with Gasteiger partial charge in [0, 0.05) is 29.4 Å². The number of nitro benzene ring substituents is 1. The normalized spacial score (nSPS) is 13.9. The Kier molecular flexibility index (Phi) is 6.09. The van der Waals surface area contributed by atoms with Crippen LogP contribution in [0.4, 0.5) is 5.69 Å². The van der Waals surface area contributed by atoms with Gasteiger partial charge in [-0.1, -0.05) is 60.3 Å². The summed E-state index contributed by atoms with van der Waals surface area (Å²) in [4.78, 5) is 23.8. The van der Waals surface area contributed by atoms with Gasteiger partial charge in [0.25, 0.3) is 5.69 Å². The predicted octanol–water partition coefficient (Wildman–Crippen LogP) is 4.95. The molecule has 4 aromatic rings. The van der Waals surface area contributed by atoms with Crippen molar-refractivity contribution >= 4 is 23.4 Å². The summed E-state index contributed by atoms with van der Waals surface area (Å²) in [6, 6.07) is 25.7. The van der Waals surface area contributed by atoms with Crippen LogP contribution in [0.15, 0.2) is 90.1 Å². The first-order chi connectivity index (χ1) is 16.6. The highest BCUT2D eigenvalue weighted by molar-refractivity contribution is 8.00. The second-order valence-electron chi connectivity index (χ2n) is 7.97. The Morgan fingerprint density at radius 1 is 0.971 bits per heavy atom. The molecular weight excluding hydrogens is 450 g/mol. The second kappa shape index (κ2) is 9.48. The van der Waals surface area contributed by atoms with E-state index in [1.54, 1.807) is 12.1 Å². The van der Waals surface area contributed by atoms with E-state index in [0.29, 0.717) is 16.5 Å². The van der Waals surface area contributed by atoms with Crippen molar-refractivity contribution in [2.24, 2.45) is 0 Å². The molecule has 0 radical (unpaired) electrons. The Balaban J connectivity index is 1.56. The van der Waals surface area contributed by atoms with Crippen LogP contribution in [0.3, 0.4) is 0 Å². The molecule has 1 fully saturated rings. The van der Waals surface area contributed by atoms with E-state index >= 15 is 0 Å². The Hall–Kier alpha value is -3.98. The number of non-ortho nitro benzene ring substituents is 1. The zero-order valence-corrected chi connectivity index (χ0v) is 18.9. The number of nitrogens with zero attached hydrogens (tertiary/aromatic N) is 4. The summed E-state index contributed by atoms with van der Waals surface area (Å²) in [5.74, 6) is 0.483. The van der Waals surface area contributed by atoms with Gasteiger partial charge in [0.05, 0.1) is 4.92 Å². The topological polar surface area (TPSA) is 103 Å². The summed E-state index contributed by atoms with van der Waals surface area (Å²) in [7, 11) is 0. The van der Waals surface area contributed by atoms with E-state index in [4.69, 9.17) is 0 Å². The summed E-state index contributed by atoms with van der Waals surface area (Å²) >= 11 is 1.33. The van der Waals surface area contributed by atoms with Crippen molar-refractivity contribution in [1.29, 1.82) is 0 Å². The Morgan fingerprint density at radius 3 is 2.24 bits per heavy atom. The molecule has 170 valence electrons. The van der Waals surface area contributed by atoms with Gasteiger partial charge in [0.1, 0.15) is 5.25 Å². The van der Waals surface area contributed by atoms with E-state index in [9.17, 15) is 14.9 Å². The van der Waals surface area contributed by atoms with Crippen molar-refractivity contribution in [3.63, 3.8) is 0 Å². The lowest BCUT2D eigenvalue weighted by Gasteiger charge is -2.17. The van der Waals surface area contributed by atoms with Crippen molar-refractivity contribution in [1.82, 2.24) is 20.1 Å². The van der Waals surface area contributed by atoms with E-state index in [-0.39, 0.29) is 17.6 Å². The molecule has 1 aromatic heterocycles. The van der Waals surface area contributed by atoms with E-state index in [1.807, 2.05) is 65.2 Å². The molecule has 1 N–H and O–H groups in total. The van der Waals surface area contributed by atoms with E-state index in [2.05, 4.69) is 15.5 Å². The summed E-state index contributed by atoms with van der Waals surface area (Å²) in [6.07, 6.45) is 2.00. The number of hydrogen-bond donors (Lipinski definition) is 1. The minimum atomic E-state index is -0.502. The zero-order valence-electron chi connectivity index (χ0n) is 18.1. The highest BCUT2D eigenvalue weighted by Gasteiger charge is 2.31. The summed E-state index contributed by atoms with van der Waals surface area (Å²) in [6.45, 7) is 0. The van der Waals surface area contributed by atoms with Crippen molar-refractivity contribution in [2.75, 3.05) is 0 Å². The molecule has 1 saturated carbocycles. The Morgan fingerprint density at radius 2 is 1.62 bits per heavy atom. The highest BCUT2D eigenvalue weighted by Crippen LogP contribution is 2.38. The smallest absolute Gasteiger partial charge is 0.269 e. The number of amides is 1. The first-order valence-electron chi connectivity index (χ1n) is 10.9. The van der Waals surface area contributed by atoms with E-state index in [0.717, 1.165) is 24.1 Å². The molecule has 1 aliphatic carbocycles. The summed E-state index contributed by atoms with van der Waals surface area (Å²) in [5.41, 5.74) is 2.40. The van der Waals surface area contributed by atoms with Gasteiger partial charge in [-0.25, -0.2) is 0 Å². The van der Waals surface area contributed by atoms with Gasteiger partial charge < -0.3 is 5.32 Å². The van der Waals surface area contributed by atoms with Gasteiger partial charge in [-0.05, 0) is 42.7 Å². The molecule has 3 aromatic carbocycles. The number of nitro groups is 1. The van der Waals surface area contributed by atoms with Crippen molar-refractivity contribution < 1.29 is 9.72 Å². The van der Waals surface area contributed by atoms with Crippen LogP contribution in [0, 0.1) is 10.1 Å². The fourth-order valence-electron chi connectivity index (χ4n) is 3.59. The number of rotatable bonds is 8. The van der Waals surface area contributed by atoms with Crippen LogP contribution in [0.1, 0.15) is 23.7 Å². The molecule has 1 aliphatic rings. The molecule has 0 bridgehead atoms. The number of hydrogen-bond acceptors (Lipinski definition) is 6. The summed E-state index contributed by atoms with van der Waals surface area (Å²) < 4.78 is 1.88. The fraction of sp³-hybridized carbons (Fsp3) is 0.160. The average molecular weight is 472 g/mol. The third-order valence-corrected chi connectivity index (χ3v) is 6.67. The second-order valence-corrected chi connectivity index (χ2v) is 9.04. The number of para-hydroxylation sites is 1. The van der Waals surface area contributed by atoms with Crippen LogP contribution in [-0.2, 0) is 4.79 Å². The lowest BCUT2D eigenvalue weighted by molar-refractivity contribution is -0.384. The number of nitrogens with one attached hydrogen (secondary N) is 1. The third kappa shape index (κ3) is 4.69. The summed E-state index contributed by atoms with van der Waals surface area (Å²) in [5, 5.41) is 23.1. The molecule has 0 unspecified atom stereocenters. The van der Waals surface area contributed by atoms with Crippen LogP contribution < -0.4 is 5.32 Å². The molecule has 1 heterocycles. The predicted molar refractivity (Wildman–Crippen MR) is 130 cm³/mol. The number of carbonyl (C=O) groups excluding carboxylic acids is 1. The largest absolute Gasteiger partial charge is 0.352 e. The third-order valence-electron chi connectivity index (χ3n) is 5.47. The molecule has 9 heteroatoms. The Labute approximate surface area is 200 Å². The van der Waals surface area contributed by atoms with Crippen LogP contribution >= 0.6 is 11.8 Å². The quantitative estimate of drug-likeness (QED) is 0.221. The van der Waals surface area contributed by atoms with Gasteiger partial charge in [0.15, 0.2) is 11.0 Å². The van der Waals surface area contributed by atoms with Crippen molar-refractivity contribution in [2.45, 2.75) is 29.3 Å². The molecule has 1 atom stereocenters. The van der Waals surface area contributed by atoms with Gasteiger partial charge in [-0.3, -0.25) is 19.5 Å². The van der Waals surface area contributed by atoms with Gasteiger partial charge in [-0.15, -0.1) is 10.2 Å². The van der Waals surface area contributed by atoms with E-state index < -0.39 is 10.2 Å². The molecule has 0 saturated heterocycles. The molecule has 1 amide bonds. The molecule has 0 aliphatic heterocycles. The maximum absolute atomic E-state index is 13.2. The number of thioether (sulfide) groups is 1. The number of carbonyl (C=O) groups is 1. The minimum absolute atomic E-state index is 0.00464. The average Bonchev–Trinajstić information content (AvgIpc) is 3.59. The number of benzene rings is 3. The molecule has 5 rings (SSSR count).